The first-order valence-corrected chi connectivity index (χ1v) is 6.58. The molecule has 1 aromatic rings. The van der Waals surface area contributed by atoms with E-state index in [0.717, 1.165) is 12.3 Å². The molecule has 0 aliphatic rings. The Kier molecular flexibility index (Phi) is 5.93. The van der Waals surface area contributed by atoms with Crippen LogP contribution >= 0.6 is 11.8 Å². The second-order valence-electron chi connectivity index (χ2n) is 3.53. The molecule has 1 rings (SSSR count). The molecule has 0 spiro atoms. The van der Waals surface area contributed by atoms with Crippen LogP contribution in [0.3, 0.4) is 0 Å². The SMILES string of the molecule is CSCC(CCO)NC(=O)c1cncc(F)c1. The highest BCUT2D eigenvalue weighted by molar-refractivity contribution is 7.98. The molecule has 2 N–H and O–H groups in total. The number of nitrogens with zero attached hydrogens (tertiary/aromatic N) is 1. The fourth-order valence-electron chi connectivity index (χ4n) is 1.36. The summed E-state index contributed by atoms with van der Waals surface area (Å²) in [5.41, 5.74) is 0.189. The van der Waals surface area contributed by atoms with Gasteiger partial charge in [0.1, 0.15) is 5.82 Å². The minimum atomic E-state index is -0.541. The highest BCUT2D eigenvalue weighted by Gasteiger charge is 2.13. The number of carbonyl (C=O) groups excluding carboxylic acids is 1. The largest absolute Gasteiger partial charge is 0.396 e. The average Bonchev–Trinajstić information content (AvgIpc) is 2.29. The number of halogens is 1. The molecular formula is C11H15FN2O2S. The number of amides is 1. The first-order chi connectivity index (χ1) is 8.17. The normalized spacial score (nSPS) is 12.2. The van der Waals surface area contributed by atoms with Gasteiger partial charge < -0.3 is 10.4 Å². The Hall–Kier alpha value is -1.14. The number of hydrogen-bond acceptors (Lipinski definition) is 4. The minimum absolute atomic E-state index is 0.00685. The zero-order valence-electron chi connectivity index (χ0n) is 9.52. The number of nitrogens with one attached hydrogen (secondary N) is 1. The van der Waals surface area contributed by atoms with E-state index in [1.54, 1.807) is 11.8 Å². The Bertz CT molecular complexity index is 370. The van der Waals surface area contributed by atoms with Crippen LogP contribution in [0.1, 0.15) is 16.8 Å². The van der Waals surface area contributed by atoms with Gasteiger partial charge in [0.2, 0.25) is 0 Å². The number of carbonyl (C=O) groups is 1. The van der Waals surface area contributed by atoms with Crippen molar-refractivity contribution >= 4 is 17.7 Å². The lowest BCUT2D eigenvalue weighted by Gasteiger charge is -2.16. The third-order valence-corrected chi connectivity index (χ3v) is 2.88. The minimum Gasteiger partial charge on any atom is -0.396 e. The van der Waals surface area contributed by atoms with E-state index in [2.05, 4.69) is 10.3 Å². The smallest absolute Gasteiger partial charge is 0.253 e. The highest BCUT2D eigenvalue weighted by atomic mass is 32.2. The number of aromatic nitrogens is 1. The highest BCUT2D eigenvalue weighted by Crippen LogP contribution is 2.05. The fourth-order valence-corrected chi connectivity index (χ4v) is 2.01. The average molecular weight is 258 g/mol. The number of thioether (sulfide) groups is 1. The molecule has 0 aliphatic carbocycles. The van der Waals surface area contributed by atoms with E-state index in [-0.39, 0.29) is 24.1 Å². The summed E-state index contributed by atoms with van der Waals surface area (Å²) in [6.45, 7) is 0.00685. The number of aliphatic hydroxyl groups is 1. The molecule has 1 unspecified atom stereocenters. The van der Waals surface area contributed by atoms with Gasteiger partial charge in [0.05, 0.1) is 11.8 Å². The first-order valence-electron chi connectivity index (χ1n) is 5.18. The van der Waals surface area contributed by atoms with Crippen molar-refractivity contribution in [1.29, 1.82) is 0 Å². The molecule has 4 nitrogen and oxygen atoms in total. The summed E-state index contributed by atoms with van der Waals surface area (Å²) in [5, 5.41) is 11.6. The Morgan fingerprint density at radius 3 is 3.00 bits per heavy atom. The van der Waals surface area contributed by atoms with Crippen LogP contribution in [-0.2, 0) is 0 Å². The van der Waals surface area contributed by atoms with Crippen LogP contribution in [0.4, 0.5) is 4.39 Å². The number of pyridine rings is 1. The predicted octanol–water partition coefficient (Wildman–Crippen LogP) is 1.06. The predicted molar refractivity (Wildman–Crippen MR) is 65.5 cm³/mol. The van der Waals surface area contributed by atoms with Crippen LogP contribution in [0.25, 0.3) is 0 Å². The quantitative estimate of drug-likeness (QED) is 0.801. The molecule has 94 valence electrons. The Morgan fingerprint density at radius 1 is 1.65 bits per heavy atom. The van der Waals surface area contributed by atoms with Crippen molar-refractivity contribution in [1.82, 2.24) is 10.3 Å². The zero-order chi connectivity index (χ0) is 12.7. The Morgan fingerprint density at radius 2 is 2.41 bits per heavy atom. The molecular weight excluding hydrogens is 243 g/mol. The summed E-state index contributed by atoms with van der Waals surface area (Å²) in [6.07, 6.45) is 4.76. The lowest BCUT2D eigenvalue weighted by atomic mass is 10.2. The van der Waals surface area contributed by atoms with Gasteiger partial charge in [-0.2, -0.15) is 11.8 Å². The molecule has 0 aromatic carbocycles. The van der Waals surface area contributed by atoms with Crippen LogP contribution in [0, 0.1) is 5.82 Å². The molecule has 0 aliphatic heterocycles. The van der Waals surface area contributed by atoms with Gasteiger partial charge in [-0.15, -0.1) is 0 Å². The third-order valence-electron chi connectivity index (χ3n) is 2.15. The molecule has 17 heavy (non-hydrogen) atoms. The van der Waals surface area contributed by atoms with E-state index in [1.807, 2.05) is 6.26 Å². The number of rotatable bonds is 6. The fraction of sp³-hybridized carbons (Fsp3) is 0.455. The molecule has 0 saturated carbocycles. The monoisotopic (exact) mass is 258 g/mol. The lowest BCUT2D eigenvalue weighted by Crippen LogP contribution is -2.37. The molecule has 6 heteroatoms. The van der Waals surface area contributed by atoms with Crippen LogP contribution in [0.2, 0.25) is 0 Å². The molecule has 1 atom stereocenters. The maximum absolute atomic E-state index is 12.9. The molecule has 1 amide bonds. The van der Waals surface area contributed by atoms with Gasteiger partial charge in [-0.05, 0) is 18.7 Å². The Balaban J connectivity index is 2.63. The van der Waals surface area contributed by atoms with E-state index in [4.69, 9.17) is 5.11 Å². The van der Waals surface area contributed by atoms with Gasteiger partial charge in [0.15, 0.2) is 0 Å². The standard InChI is InChI=1S/C11H15FN2O2S/c1-17-7-10(2-3-15)14-11(16)8-4-9(12)6-13-5-8/h4-6,10,15H,2-3,7H2,1H3,(H,14,16). The third kappa shape index (κ3) is 4.70. The van der Waals surface area contributed by atoms with Gasteiger partial charge in [-0.3, -0.25) is 9.78 Å². The second-order valence-corrected chi connectivity index (χ2v) is 4.44. The summed E-state index contributed by atoms with van der Waals surface area (Å²) >= 11 is 1.57. The molecule has 0 radical (unpaired) electrons. The summed E-state index contributed by atoms with van der Waals surface area (Å²) in [5.74, 6) is -0.208. The van der Waals surface area contributed by atoms with Gasteiger partial charge in [-0.1, -0.05) is 0 Å². The molecule has 0 fully saturated rings. The maximum atomic E-state index is 12.9. The topological polar surface area (TPSA) is 62.2 Å². The van der Waals surface area contributed by atoms with Crippen LogP contribution in [0.5, 0.6) is 0 Å². The second kappa shape index (κ2) is 7.24. The molecule has 0 bridgehead atoms. The van der Waals surface area contributed by atoms with Gasteiger partial charge in [-0.25, -0.2) is 4.39 Å². The number of hydrogen-bond donors (Lipinski definition) is 2. The zero-order valence-corrected chi connectivity index (χ0v) is 10.3. The Labute approximate surface area is 104 Å². The molecule has 0 saturated heterocycles. The summed E-state index contributed by atoms with van der Waals surface area (Å²) < 4.78 is 12.9. The summed E-state index contributed by atoms with van der Waals surface area (Å²) in [6, 6.07) is 1.02. The van der Waals surface area contributed by atoms with E-state index in [1.165, 1.54) is 6.20 Å². The van der Waals surface area contributed by atoms with Crippen molar-refractivity contribution in [3.8, 4) is 0 Å². The van der Waals surface area contributed by atoms with Crippen molar-refractivity contribution in [2.75, 3.05) is 18.6 Å². The summed E-state index contributed by atoms with van der Waals surface area (Å²) in [4.78, 5) is 15.4. The van der Waals surface area contributed by atoms with E-state index < -0.39 is 5.82 Å². The van der Waals surface area contributed by atoms with Crippen LogP contribution in [0.15, 0.2) is 18.5 Å². The van der Waals surface area contributed by atoms with Gasteiger partial charge in [0.25, 0.3) is 5.91 Å². The maximum Gasteiger partial charge on any atom is 0.253 e. The molecule has 1 heterocycles. The van der Waals surface area contributed by atoms with Gasteiger partial charge >= 0.3 is 0 Å². The van der Waals surface area contributed by atoms with Crippen molar-refractivity contribution in [2.45, 2.75) is 12.5 Å². The lowest BCUT2D eigenvalue weighted by molar-refractivity contribution is 0.0934. The van der Waals surface area contributed by atoms with E-state index >= 15 is 0 Å². The van der Waals surface area contributed by atoms with Crippen molar-refractivity contribution in [2.24, 2.45) is 0 Å². The number of aliphatic hydroxyl groups excluding tert-OH is 1. The van der Waals surface area contributed by atoms with Crippen LogP contribution in [-0.4, -0.2) is 40.7 Å². The first kappa shape index (κ1) is 13.9. The van der Waals surface area contributed by atoms with Crippen LogP contribution < -0.4 is 5.32 Å². The van der Waals surface area contributed by atoms with E-state index in [9.17, 15) is 9.18 Å². The van der Waals surface area contributed by atoms with Gasteiger partial charge in [0, 0.05) is 24.6 Å². The summed E-state index contributed by atoms with van der Waals surface area (Å²) in [7, 11) is 0. The van der Waals surface area contributed by atoms with E-state index in [0.29, 0.717) is 12.2 Å². The van der Waals surface area contributed by atoms with Crippen molar-refractivity contribution in [3.63, 3.8) is 0 Å². The van der Waals surface area contributed by atoms with Crippen molar-refractivity contribution < 1.29 is 14.3 Å². The van der Waals surface area contributed by atoms with Crippen molar-refractivity contribution in [3.05, 3.63) is 29.8 Å². The molecule has 1 aromatic heterocycles.